The highest BCUT2D eigenvalue weighted by molar-refractivity contribution is 9.10. The number of hydrogen-bond acceptors (Lipinski definition) is 7. The predicted molar refractivity (Wildman–Crippen MR) is 116 cm³/mol. The number of benzene rings is 2. The summed E-state index contributed by atoms with van der Waals surface area (Å²) in [4.78, 5) is 12.1. The first-order valence-corrected chi connectivity index (χ1v) is 10.0. The van der Waals surface area contributed by atoms with E-state index >= 15 is 0 Å². The van der Waals surface area contributed by atoms with Crippen molar-refractivity contribution < 1.29 is 4.79 Å². The molecule has 10 heteroatoms. The minimum Gasteiger partial charge on any atom is -0.334 e. The summed E-state index contributed by atoms with van der Waals surface area (Å²) in [5.41, 5.74) is 5.44. The van der Waals surface area contributed by atoms with E-state index in [1.165, 1.54) is 16.4 Å². The molecule has 0 aliphatic carbocycles. The topological polar surface area (TPSA) is 110 Å². The molecule has 3 rings (SSSR count). The van der Waals surface area contributed by atoms with Crippen molar-refractivity contribution in [2.24, 2.45) is 5.10 Å². The Hall–Kier alpha value is -2.85. The van der Waals surface area contributed by atoms with Gasteiger partial charge in [-0.05, 0) is 36.2 Å². The summed E-state index contributed by atoms with van der Waals surface area (Å²) in [6, 6.07) is 15.3. The smallest absolute Gasteiger partial charge is 0.264 e. The second kappa shape index (κ2) is 9.38. The third-order valence-electron chi connectivity index (χ3n) is 3.66. The Balaban J connectivity index is 1.53. The number of nitrogen functional groups attached to an aromatic ring is 1. The fraction of sp³-hybridized carbons (Fsp3) is 0.111. The van der Waals surface area contributed by atoms with Gasteiger partial charge in [-0.3, -0.25) is 4.79 Å². The first-order valence-electron chi connectivity index (χ1n) is 8.26. The van der Waals surface area contributed by atoms with Crippen molar-refractivity contribution in [3.05, 3.63) is 64.1 Å². The Morgan fingerprint density at radius 1 is 1.25 bits per heavy atom. The van der Waals surface area contributed by atoms with Crippen LogP contribution in [-0.2, 0) is 4.79 Å². The van der Waals surface area contributed by atoms with E-state index in [2.05, 4.69) is 42.0 Å². The lowest BCUT2D eigenvalue weighted by molar-refractivity contribution is -0.113. The molecular formula is C18H18BrN7OS. The molecule has 1 heterocycles. The number of hydrazone groups is 1. The van der Waals surface area contributed by atoms with Crippen molar-refractivity contribution >= 4 is 51.4 Å². The number of carbonyl (C=O) groups is 1. The second-order valence-electron chi connectivity index (χ2n) is 5.75. The predicted octanol–water partition coefficient (Wildman–Crippen LogP) is 3.24. The molecule has 3 aromatic rings. The molecule has 4 N–H and O–H groups in total. The molecule has 0 aliphatic heterocycles. The molecule has 144 valence electrons. The molecule has 0 aliphatic rings. The maximum Gasteiger partial charge on any atom is 0.264 e. The van der Waals surface area contributed by atoms with Gasteiger partial charge in [-0.15, -0.1) is 10.2 Å². The maximum absolute atomic E-state index is 12.1. The number of aromatic nitrogens is 3. The molecular weight excluding hydrogens is 442 g/mol. The van der Waals surface area contributed by atoms with Gasteiger partial charge in [0.05, 0.1) is 12.0 Å². The summed E-state index contributed by atoms with van der Waals surface area (Å²) in [5.74, 6) is 6.25. The van der Waals surface area contributed by atoms with Gasteiger partial charge >= 0.3 is 0 Å². The Kier molecular flexibility index (Phi) is 6.66. The van der Waals surface area contributed by atoms with Crippen LogP contribution < -0.4 is 16.6 Å². The van der Waals surface area contributed by atoms with E-state index in [4.69, 9.17) is 5.84 Å². The van der Waals surface area contributed by atoms with Gasteiger partial charge in [0.15, 0.2) is 0 Å². The zero-order valence-electron chi connectivity index (χ0n) is 15.0. The van der Waals surface area contributed by atoms with Crippen molar-refractivity contribution in [1.29, 1.82) is 0 Å². The number of halogens is 1. The van der Waals surface area contributed by atoms with Gasteiger partial charge in [-0.2, -0.15) is 5.10 Å². The quantitative estimate of drug-likeness (QED) is 0.216. The van der Waals surface area contributed by atoms with E-state index in [1.54, 1.807) is 6.21 Å². The average molecular weight is 460 g/mol. The summed E-state index contributed by atoms with van der Waals surface area (Å²) < 4.78 is 2.25. The van der Waals surface area contributed by atoms with Crippen LogP contribution in [0.5, 0.6) is 0 Å². The van der Waals surface area contributed by atoms with Gasteiger partial charge in [-0.1, -0.05) is 58.0 Å². The fourth-order valence-corrected chi connectivity index (χ4v) is 3.12. The number of rotatable bonds is 7. The van der Waals surface area contributed by atoms with Crippen LogP contribution in [0.15, 0.2) is 63.3 Å². The average Bonchev–Trinajstić information content (AvgIpc) is 3.03. The molecule has 0 radical (unpaired) electrons. The third-order valence-corrected chi connectivity index (χ3v) is 5.14. The largest absolute Gasteiger partial charge is 0.334 e. The van der Waals surface area contributed by atoms with Crippen molar-refractivity contribution in [1.82, 2.24) is 14.9 Å². The molecule has 1 aromatic heterocycles. The van der Waals surface area contributed by atoms with Gasteiger partial charge in [0.2, 0.25) is 11.1 Å². The van der Waals surface area contributed by atoms with E-state index in [9.17, 15) is 4.79 Å². The van der Waals surface area contributed by atoms with Crippen LogP contribution in [0, 0.1) is 6.92 Å². The Labute approximate surface area is 174 Å². The standard InChI is InChI=1S/C18H18BrN7OS/c1-12-4-2-3-5-15(12)22-16(27)11-28-18-25-24-17(26(18)20)23-21-10-13-6-8-14(19)9-7-13/h2-10H,11,20H2,1H3,(H,22,27)(H,23,24)/b21-10+. The molecule has 1 amide bonds. The molecule has 0 spiro atoms. The van der Waals surface area contributed by atoms with Gasteiger partial charge in [0.1, 0.15) is 0 Å². The summed E-state index contributed by atoms with van der Waals surface area (Å²) in [7, 11) is 0. The molecule has 0 saturated carbocycles. The molecule has 0 fully saturated rings. The van der Waals surface area contributed by atoms with Gasteiger partial charge in [0.25, 0.3) is 5.95 Å². The van der Waals surface area contributed by atoms with Gasteiger partial charge in [0, 0.05) is 10.2 Å². The van der Waals surface area contributed by atoms with Gasteiger partial charge < -0.3 is 11.2 Å². The number of anilines is 2. The number of thioether (sulfide) groups is 1. The lowest BCUT2D eigenvalue weighted by atomic mass is 10.2. The molecule has 0 atom stereocenters. The van der Waals surface area contributed by atoms with Gasteiger partial charge in [-0.25, -0.2) is 10.1 Å². The molecule has 0 bridgehead atoms. The molecule has 28 heavy (non-hydrogen) atoms. The number of carbonyl (C=O) groups excluding carboxylic acids is 1. The van der Waals surface area contributed by atoms with E-state index in [-0.39, 0.29) is 17.6 Å². The normalized spacial score (nSPS) is 10.9. The number of aryl methyl sites for hydroxylation is 1. The van der Waals surface area contributed by atoms with Crippen molar-refractivity contribution in [3.63, 3.8) is 0 Å². The van der Waals surface area contributed by atoms with E-state index in [0.29, 0.717) is 5.16 Å². The first kappa shape index (κ1) is 19.9. The van der Waals surface area contributed by atoms with E-state index < -0.39 is 0 Å². The van der Waals surface area contributed by atoms with Crippen LogP contribution in [0.4, 0.5) is 11.6 Å². The highest BCUT2D eigenvalue weighted by Gasteiger charge is 2.12. The molecule has 0 unspecified atom stereocenters. The zero-order chi connectivity index (χ0) is 19.9. The second-order valence-corrected chi connectivity index (χ2v) is 7.61. The van der Waals surface area contributed by atoms with Crippen LogP contribution in [0.2, 0.25) is 0 Å². The third kappa shape index (κ3) is 5.33. The summed E-state index contributed by atoms with van der Waals surface area (Å²) in [5, 5.41) is 15.3. The number of hydrogen-bond donors (Lipinski definition) is 3. The number of nitrogens with zero attached hydrogens (tertiary/aromatic N) is 4. The van der Waals surface area contributed by atoms with Crippen molar-refractivity contribution in [3.8, 4) is 0 Å². The first-order chi connectivity index (χ1) is 13.5. The lowest BCUT2D eigenvalue weighted by Gasteiger charge is -2.07. The monoisotopic (exact) mass is 459 g/mol. The number of nitrogens with one attached hydrogen (secondary N) is 2. The lowest BCUT2D eigenvalue weighted by Crippen LogP contribution is -2.17. The van der Waals surface area contributed by atoms with E-state index in [1.807, 2.05) is 55.5 Å². The summed E-state index contributed by atoms with van der Waals surface area (Å²) in [6.07, 6.45) is 1.64. The Morgan fingerprint density at radius 3 is 2.75 bits per heavy atom. The number of para-hydroxylation sites is 1. The van der Waals surface area contributed by atoms with Crippen molar-refractivity contribution in [2.75, 3.05) is 22.3 Å². The summed E-state index contributed by atoms with van der Waals surface area (Å²) in [6.45, 7) is 1.94. The van der Waals surface area contributed by atoms with Crippen LogP contribution in [0.3, 0.4) is 0 Å². The van der Waals surface area contributed by atoms with Crippen LogP contribution >= 0.6 is 27.7 Å². The zero-order valence-corrected chi connectivity index (χ0v) is 17.4. The SMILES string of the molecule is Cc1ccccc1NC(=O)CSc1nnc(N/N=C/c2ccc(Br)cc2)n1N. The minimum absolute atomic E-state index is 0.148. The molecule has 2 aromatic carbocycles. The van der Waals surface area contributed by atoms with Crippen LogP contribution in [0.1, 0.15) is 11.1 Å². The molecule has 0 saturated heterocycles. The number of amides is 1. The fourth-order valence-electron chi connectivity index (χ4n) is 2.19. The maximum atomic E-state index is 12.1. The molecule has 8 nitrogen and oxygen atoms in total. The Morgan fingerprint density at radius 2 is 2.00 bits per heavy atom. The minimum atomic E-state index is -0.148. The Bertz CT molecular complexity index is 988. The van der Waals surface area contributed by atoms with Crippen molar-refractivity contribution in [2.45, 2.75) is 12.1 Å². The van der Waals surface area contributed by atoms with Crippen LogP contribution in [0.25, 0.3) is 0 Å². The van der Waals surface area contributed by atoms with E-state index in [0.717, 1.165) is 21.3 Å². The number of nitrogens with two attached hydrogens (primary N) is 1. The highest BCUT2D eigenvalue weighted by atomic mass is 79.9. The van der Waals surface area contributed by atoms with Crippen LogP contribution in [-0.4, -0.2) is 32.7 Å². The highest BCUT2D eigenvalue weighted by Crippen LogP contribution is 2.18. The summed E-state index contributed by atoms with van der Waals surface area (Å²) >= 11 is 4.57.